The van der Waals surface area contributed by atoms with Gasteiger partial charge in [0.15, 0.2) is 5.96 Å². The van der Waals surface area contributed by atoms with E-state index in [4.69, 9.17) is 4.74 Å². The van der Waals surface area contributed by atoms with Crippen LogP contribution in [0.1, 0.15) is 20.3 Å². The minimum absolute atomic E-state index is 0. The summed E-state index contributed by atoms with van der Waals surface area (Å²) in [5.41, 5.74) is 0. The first-order valence-electron chi connectivity index (χ1n) is 8.09. The molecule has 0 aliphatic rings. The molecule has 1 aromatic carbocycles. The predicted molar refractivity (Wildman–Crippen MR) is 113 cm³/mol. The molecule has 7 heteroatoms. The van der Waals surface area contributed by atoms with Crippen LogP contribution in [0.3, 0.4) is 0 Å². The van der Waals surface area contributed by atoms with Crippen LogP contribution in [0.2, 0.25) is 0 Å². The van der Waals surface area contributed by atoms with E-state index in [1.807, 2.05) is 30.3 Å². The molecule has 0 bridgehead atoms. The van der Waals surface area contributed by atoms with Crippen molar-refractivity contribution in [2.45, 2.75) is 25.2 Å². The zero-order valence-corrected chi connectivity index (χ0v) is 17.9. The fourth-order valence-electron chi connectivity index (χ4n) is 1.87. The van der Waals surface area contributed by atoms with Gasteiger partial charge in [0.2, 0.25) is 0 Å². The molecule has 24 heavy (non-hydrogen) atoms. The second kappa shape index (κ2) is 14.7. The Labute approximate surface area is 165 Å². The molecule has 0 saturated heterocycles. The minimum Gasteiger partial charge on any atom is -0.381 e. The van der Waals surface area contributed by atoms with Crippen molar-refractivity contribution in [1.82, 2.24) is 10.6 Å². The van der Waals surface area contributed by atoms with Gasteiger partial charge in [-0.25, -0.2) is 0 Å². The lowest BCUT2D eigenvalue weighted by Crippen LogP contribution is -2.39. The van der Waals surface area contributed by atoms with Gasteiger partial charge in [-0.05, 0) is 24.5 Å². The molecule has 0 saturated carbocycles. The fourth-order valence-corrected chi connectivity index (χ4v) is 2.86. The molecular weight excluding hydrogens is 437 g/mol. The molecule has 0 amide bonds. The molecule has 1 aromatic rings. The van der Waals surface area contributed by atoms with Crippen LogP contribution < -0.4 is 10.6 Å². The van der Waals surface area contributed by atoms with Crippen molar-refractivity contribution in [3.8, 4) is 0 Å². The largest absolute Gasteiger partial charge is 0.381 e. The van der Waals surface area contributed by atoms with Crippen LogP contribution in [0.15, 0.2) is 40.2 Å². The molecule has 0 heterocycles. The van der Waals surface area contributed by atoms with E-state index in [0.29, 0.717) is 18.2 Å². The molecule has 1 unspecified atom stereocenters. The topological polar surface area (TPSA) is 62.7 Å². The average molecular weight is 467 g/mol. The second-order valence-electron chi connectivity index (χ2n) is 5.61. The maximum absolute atomic E-state index is 12.1. The standard InChI is InChI=1S/C17H29N3O2S.HI/c1-15(2)14-22-12-7-10-19-17(18-3)20-11-13-23(21)16-8-5-4-6-9-16;/h4-6,8-9,15H,7,10-14H2,1-3H3,(H2,18,19,20);1H. The van der Waals surface area contributed by atoms with E-state index in [0.717, 1.165) is 37.0 Å². The van der Waals surface area contributed by atoms with Crippen LogP contribution >= 0.6 is 24.0 Å². The van der Waals surface area contributed by atoms with Gasteiger partial charge in [-0.1, -0.05) is 32.0 Å². The Morgan fingerprint density at radius 2 is 1.88 bits per heavy atom. The number of halogens is 1. The summed E-state index contributed by atoms with van der Waals surface area (Å²) in [5, 5.41) is 6.42. The summed E-state index contributed by atoms with van der Waals surface area (Å²) >= 11 is 0. The molecule has 0 fully saturated rings. The molecule has 0 spiro atoms. The normalized spacial score (nSPS) is 12.6. The Hall–Kier alpha value is -0.670. The third-order valence-electron chi connectivity index (χ3n) is 3.02. The Bertz CT molecular complexity index is 484. The fraction of sp³-hybridized carbons (Fsp3) is 0.588. The van der Waals surface area contributed by atoms with E-state index in [9.17, 15) is 4.21 Å². The summed E-state index contributed by atoms with van der Waals surface area (Å²) in [6.07, 6.45) is 0.934. The molecule has 0 aromatic heterocycles. The first kappa shape index (κ1) is 23.3. The smallest absolute Gasteiger partial charge is 0.191 e. The van der Waals surface area contributed by atoms with E-state index in [-0.39, 0.29) is 24.0 Å². The van der Waals surface area contributed by atoms with Crippen molar-refractivity contribution in [2.24, 2.45) is 10.9 Å². The number of benzene rings is 1. The summed E-state index contributed by atoms with van der Waals surface area (Å²) in [5.74, 6) is 1.86. The molecule has 1 atom stereocenters. The number of aliphatic imine (C=N–C) groups is 1. The SMILES string of the molecule is CN=C(NCCCOCC(C)C)NCCS(=O)c1ccccc1.I. The number of ether oxygens (including phenoxy) is 1. The number of nitrogens with zero attached hydrogens (tertiary/aromatic N) is 1. The van der Waals surface area contributed by atoms with Gasteiger partial charge in [-0.3, -0.25) is 9.20 Å². The highest BCUT2D eigenvalue weighted by Gasteiger charge is 2.03. The monoisotopic (exact) mass is 467 g/mol. The van der Waals surface area contributed by atoms with E-state index in [2.05, 4.69) is 29.5 Å². The Balaban J connectivity index is 0.00000529. The molecule has 0 aliphatic heterocycles. The van der Waals surface area contributed by atoms with Crippen LogP contribution in [-0.4, -0.2) is 49.3 Å². The summed E-state index contributed by atoms with van der Waals surface area (Å²) in [4.78, 5) is 5.02. The van der Waals surface area contributed by atoms with Crippen LogP contribution in [0, 0.1) is 5.92 Å². The van der Waals surface area contributed by atoms with Gasteiger partial charge >= 0.3 is 0 Å². The van der Waals surface area contributed by atoms with Crippen molar-refractivity contribution in [3.63, 3.8) is 0 Å². The molecule has 1 rings (SSSR count). The minimum atomic E-state index is -0.982. The third kappa shape index (κ3) is 11.0. The van der Waals surface area contributed by atoms with Gasteiger partial charge in [0, 0.05) is 44.0 Å². The van der Waals surface area contributed by atoms with Crippen molar-refractivity contribution in [1.29, 1.82) is 0 Å². The average Bonchev–Trinajstić information content (AvgIpc) is 2.56. The first-order chi connectivity index (χ1) is 11.1. The summed E-state index contributed by atoms with van der Waals surface area (Å²) < 4.78 is 17.6. The number of hydrogen-bond donors (Lipinski definition) is 2. The van der Waals surface area contributed by atoms with Crippen LogP contribution in [0.25, 0.3) is 0 Å². The summed E-state index contributed by atoms with van der Waals surface area (Å²) in [7, 11) is 0.753. The van der Waals surface area contributed by atoms with Crippen molar-refractivity contribution < 1.29 is 8.95 Å². The van der Waals surface area contributed by atoms with Crippen molar-refractivity contribution in [3.05, 3.63) is 30.3 Å². The highest BCUT2D eigenvalue weighted by Crippen LogP contribution is 2.04. The Morgan fingerprint density at radius 3 is 2.50 bits per heavy atom. The summed E-state index contributed by atoms with van der Waals surface area (Å²) in [6, 6.07) is 9.52. The van der Waals surface area contributed by atoms with Gasteiger partial charge in [-0.2, -0.15) is 0 Å². The molecule has 5 nitrogen and oxygen atoms in total. The number of hydrogen-bond acceptors (Lipinski definition) is 3. The van der Waals surface area contributed by atoms with Crippen LogP contribution in [0.5, 0.6) is 0 Å². The zero-order chi connectivity index (χ0) is 16.9. The number of rotatable bonds is 10. The lowest BCUT2D eigenvalue weighted by molar-refractivity contribution is 0.108. The van der Waals surface area contributed by atoms with Crippen LogP contribution in [0.4, 0.5) is 0 Å². The third-order valence-corrected chi connectivity index (χ3v) is 4.39. The van der Waals surface area contributed by atoms with Crippen LogP contribution in [-0.2, 0) is 15.5 Å². The van der Waals surface area contributed by atoms with Gasteiger partial charge < -0.3 is 15.4 Å². The Kier molecular flexibility index (Phi) is 14.2. The maximum atomic E-state index is 12.1. The Morgan fingerprint density at radius 1 is 1.21 bits per heavy atom. The van der Waals surface area contributed by atoms with E-state index < -0.39 is 10.8 Å². The summed E-state index contributed by atoms with van der Waals surface area (Å²) in [6.45, 7) is 7.26. The molecular formula is C17H30IN3O2S. The number of guanidine groups is 1. The van der Waals surface area contributed by atoms with Crippen molar-refractivity contribution in [2.75, 3.05) is 39.1 Å². The van der Waals surface area contributed by atoms with Gasteiger partial charge in [0.05, 0.1) is 10.8 Å². The highest BCUT2D eigenvalue weighted by atomic mass is 127. The maximum Gasteiger partial charge on any atom is 0.191 e. The van der Waals surface area contributed by atoms with Gasteiger partial charge in [0.25, 0.3) is 0 Å². The van der Waals surface area contributed by atoms with Gasteiger partial charge in [0.1, 0.15) is 0 Å². The quantitative estimate of drug-likeness (QED) is 0.241. The first-order valence-corrected chi connectivity index (χ1v) is 9.41. The highest BCUT2D eigenvalue weighted by molar-refractivity contribution is 14.0. The molecule has 2 N–H and O–H groups in total. The van der Waals surface area contributed by atoms with E-state index >= 15 is 0 Å². The predicted octanol–water partition coefficient (Wildman–Crippen LogP) is 2.64. The van der Waals surface area contributed by atoms with Gasteiger partial charge in [-0.15, -0.1) is 24.0 Å². The molecule has 0 radical (unpaired) electrons. The molecule has 138 valence electrons. The lowest BCUT2D eigenvalue weighted by Gasteiger charge is -2.12. The van der Waals surface area contributed by atoms with E-state index in [1.54, 1.807) is 7.05 Å². The number of nitrogens with one attached hydrogen (secondary N) is 2. The second-order valence-corrected chi connectivity index (χ2v) is 7.18. The lowest BCUT2D eigenvalue weighted by atomic mass is 10.2. The van der Waals surface area contributed by atoms with Crippen molar-refractivity contribution >= 4 is 40.7 Å². The molecule has 0 aliphatic carbocycles. The zero-order valence-electron chi connectivity index (χ0n) is 14.8. The van der Waals surface area contributed by atoms with E-state index in [1.165, 1.54) is 0 Å².